The van der Waals surface area contributed by atoms with Crippen LogP contribution in [0.4, 0.5) is 4.79 Å². The average Bonchev–Trinajstić information content (AvgIpc) is 3.03. The van der Waals surface area contributed by atoms with Crippen LogP contribution < -0.4 is 5.73 Å². The lowest BCUT2D eigenvalue weighted by Gasteiger charge is -2.40. The summed E-state index contributed by atoms with van der Waals surface area (Å²) < 4.78 is 5.16. The number of carbonyl (C=O) groups is 1. The van der Waals surface area contributed by atoms with Crippen molar-refractivity contribution in [3.8, 4) is 0 Å². The third-order valence-electron chi connectivity index (χ3n) is 4.56. The van der Waals surface area contributed by atoms with Gasteiger partial charge in [0.2, 0.25) is 0 Å². The molecule has 4 unspecified atom stereocenters. The normalized spacial score (nSPS) is 44.1. The van der Waals surface area contributed by atoms with Crippen LogP contribution in [0.1, 0.15) is 26.2 Å². The minimum Gasteiger partial charge on any atom is -0.450 e. The van der Waals surface area contributed by atoms with E-state index in [-0.39, 0.29) is 6.09 Å². The molecule has 3 aliphatic rings. The highest BCUT2D eigenvalue weighted by atomic mass is 16.6. The number of fused-ring (bicyclic) bond motifs is 5. The second kappa shape index (κ2) is 3.62. The van der Waals surface area contributed by atoms with E-state index < -0.39 is 0 Å². The molecule has 2 aliphatic heterocycles. The van der Waals surface area contributed by atoms with Crippen LogP contribution in [-0.2, 0) is 4.74 Å². The first-order valence-electron chi connectivity index (χ1n) is 6.41. The van der Waals surface area contributed by atoms with Crippen LogP contribution in [0, 0.1) is 17.8 Å². The lowest BCUT2D eigenvalue weighted by atomic mass is 9.88. The van der Waals surface area contributed by atoms with E-state index in [1.165, 1.54) is 6.42 Å². The summed E-state index contributed by atoms with van der Waals surface area (Å²) in [6.45, 7) is 3.11. The maximum Gasteiger partial charge on any atom is 0.410 e. The topological polar surface area (TPSA) is 55.6 Å². The minimum absolute atomic E-state index is 0.0971. The molecule has 4 nitrogen and oxygen atoms in total. The molecule has 2 bridgehead atoms. The Hall–Kier alpha value is -0.770. The molecule has 0 aromatic rings. The number of nitrogens with two attached hydrogens (primary N) is 1. The molecular formula is C12H20N2O2. The van der Waals surface area contributed by atoms with Crippen molar-refractivity contribution in [3.63, 3.8) is 0 Å². The molecule has 0 aromatic carbocycles. The summed E-state index contributed by atoms with van der Waals surface area (Å²) in [4.78, 5) is 13.9. The van der Waals surface area contributed by atoms with Gasteiger partial charge in [-0.05, 0) is 50.5 Å². The summed E-state index contributed by atoms with van der Waals surface area (Å²) in [5, 5.41) is 0. The van der Waals surface area contributed by atoms with Crippen molar-refractivity contribution in [2.24, 2.45) is 23.5 Å². The third-order valence-corrected chi connectivity index (χ3v) is 4.56. The fraction of sp³-hybridized carbons (Fsp3) is 0.917. The Balaban J connectivity index is 1.75. The zero-order chi connectivity index (χ0) is 11.3. The molecule has 2 N–H and O–H groups in total. The summed E-state index contributed by atoms with van der Waals surface area (Å²) in [5.41, 5.74) is 5.76. The Bertz CT molecular complexity index is 289. The molecule has 1 saturated carbocycles. The molecule has 3 fully saturated rings. The number of hydrogen-bond donors (Lipinski definition) is 1. The standard InChI is InChI=1S/C12H20N2O2/c1-2-16-12(15)14-10-3-7(6-13)4-11(14)9-5-8(9)10/h7-11H,2-6,13H2,1H3/t7?,8-,9?,10?,11?/m1/s1. The maximum absolute atomic E-state index is 11.9. The Morgan fingerprint density at radius 1 is 1.31 bits per heavy atom. The van der Waals surface area contributed by atoms with Gasteiger partial charge in [0.25, 0.3) is 0 Å². The lowest BCUT2D eigenvalue weighted by molar-refractivity contribution is 0.0473. The first-order valence-corrected chi connectivity index (χ1v) is 6.41. The Kier molecular flexibility index (Phi) is 2.35. The number of hydrogen-bond acceptors (Lipinski definition) is 3. The summed E-state index contributed by atoms with van der Waals surface area (Å²) in [6, 6.07) is 0.854. The molecule has 16 heavy (non-hydrogen) atoms. The zero-order valence-corrected chi connectivity index (χ0v) is 9.76. The summed E-state index contributed by atoms with van der Waals surface area (Å²) in [5.74, 6) is 2.13. The Morgan fingerprint density at radius 2 is 1.94 bits per heavy atom. The summed E-state index contributed by atoms with van der Waals surface area (Å²) in [7, 11) is 0. The lowest BCUT2D eigenvalue weighted by Crippen LogP contribution is -2.50. The number of piperidine rings is 2. The van der Waals surface area contributed by atoms with Crippen molar-refractivity contribution in [1.29, 1.82) is 0 Å². The van der Waals surface area contributed by atoms with Gasteiger partial charge in [0.15, 0.2) is 0 Å². The van der Waals surface area contributed by atoms with Crippen molar-refractivity contribution in [2.45, 2.75) is 38.3 Å². The van der Waals surface area contributed by atoms with E-state index >= 15 is 0 Å². The van der Waals surface area contributed by atoms with Crippen LogP contribution in [0.15, 0.2) is 0 Å². The predicted molar refractivity (Wildman–Crippen MR) is 59.8 cm³/mol. The van der Waals surface area contributed by atoms with E-state index in [0.717, 1.165) is 31.2 Å². The fourth-order valence-electron chi connectivity index (χ4n) is 3.80. The number of amides is 1. The molecule has 3 rings (SSSR count). The van der Waals surface area contributed by atoms with Gasteiger partial charge < -0.3 is 15.4 Å². The van der Waals surface area contributed by atoms with Crippen LogP contribution in [0.2, 0.25) is 0 Å². The molecule has 1 amide bonds. The quantitative estimate of drug-likeness (QED) is 0.766. The predicted octanol–water partition coefficient (Wildman–Crippen LogP) is 1.20. The van der Waals surface area contributed by atoms with Crippen molar-refractivity contribution in [2.75, 3.05) is 13.2 Å². The van der Waals surface area contributed by atoms with Crippen molar-refractivity contribution in [3.05, 3.63) is 0 Å². The SMILES string of the molecule is CCOC(=O)N1C2CC(CN)CC1[C@@H]1CC21. The van der Waals surface area contributed by atoms with Gasteiger partial charge in [-0.2, -0.15) is 0 Å². The van der Waals surface area contributed by atoms with Crippen LogP contribution in [0.5, 0.6) is 0 Å². The summed E-state index contributed by atoms with van der Waals surface area (Å²) >= 11 is 0. The fourth-order valence-corrected chi connectivity index (χ4v) is 3.80. The van der Waals surface area contributed by atoms with Gasteiger partial charge >= 0.3 is 6.09 Å². The van der Waals surface area contributed by atoms with Crippen molar-refractivity contribution in [1.82, 2.24) is 4.90 Å². The first-order chi connectivity index (χ1) is 7.76. The molecule has 2 heterocycles. The molecule has 5 atom stereocenters. The van der Waals surface area contributed by atoms with E-state index in [0.29, 0.717) is 24.6 Å². The molecule has 0 spiro atoms. The number of ether oxygens (including phenoxy) is 1. The third kappa shape index (κ3) is 1.35. The minimum atomic E-state index is -0.0971. The van der Waals surface area contributed by atoms with Gasteiger partial charge in [0, 0.05) is 12.1 Å². The van der Waals surface area contributed by atoms with E-state index in [2.05, 4.69) is 0 Å². The van der Waals surface area contributed by atoms with Crippen LogP contribution in [0.3, 0.4) is 0 Å². The molecular weight excluding hydrogens is 204 g/mol. The van der Waals surface area contributed by atoms with E-state index in [4.69, 9.17) is 10.5 Å². The second-order valence-electron chi connectivity index (χ2n) is 5.38. The Morgan fingerprint density at radius 3 is 2.44 bits per heavy atom. The van der Waals surface area contributed by atoms with Crippen LogP contribution in [-0.4, -0.2) is 36.2 Å². The monoisotopic (exact) mass is 224 g/mol. The molecule has 0 aromatic heterocycles. The van der Waals surface area contributed by atoms with E-state index in [1.807, 2.05) is 11.8 Å². The second-order valence-corrected chi connectivity index (χ2v) is 5.38. The number of rotatable bonds is 2. The molecule has 4 heteroatoms. The van der Waals surface area contributed by atoms with E-state index in [1.54, 1.807) is 0 Å². The highest BCUT2D eigenvalue weighted by molar-refractivity contribution is 5.70. The smallest absolute Gasteiger partial charge is 0.410 e. The van der Waals surface area contributed by atoms with Crippen LogP contribution >= 0.6 is 0 Å². The number of carbonyl (C=O) groups excluding carboxylic acids is 1. The average molecular weight is 224 g/mol. The Labute approximate surface area is 96.1 Å². The van der Waals surface area contributed by atoms with Gasteiger partial charge in [-0.1, -0.05) is 0 Å². The maximum atomic E-state index is 11.9. The first kappa shape index (κ1) is 10.4. The van der Waals surface area contributed by atoms with Crippen molar-refractivity contribution >= 4 is 6.09 Å². The molecule has 90 valence electrons. The molecule has 2 saturated heterocycles. The van der Waals surface area contributed by atoms with Crippen molar-refractivity contribution < 1.29 is 9.53 Å². The zero-order valence-electron chi connectivity index (χ0n) is 9.76. The largest absolute Gasteiger partial charge is 0.450 e. The summed E-state index contributed by atoms with van der Waals surface area (Å²) in [6.07, 6.45) is 3.41. The van der Waals surface area contributed by atoms with Gasteiger partial charge in [-0.3, -0.25) is 0 Å². The van der Waals surface area contributed by atoms with Crippen LogP contribution in [0.25, 0.3) is 0 Å². The highest BCUT2D eigenvalue weighted by Crippen LogP contribution is 2.59. The highest BCUT2D eigenvalue weighted by Gasteiger charge is 2.62. The van der Waals surface area contributed by atoms with Gasteiger partial charge in [-0.15, -0.1) is 0 Å². The van der Waals surface area contributed by atoms with Gasteiger partial charge in [0.05, 0.1) is 6.61 Å². The van der Waals surface area contributed by atoms with Gasteiger partial charge in [-0.25, -0.2) is 4.79 Å². The number of nitrogens with zero attached hydrogens (tertiary/aromatic N) is 1. The molecule has 0 radical (unpaired) electrons. The van der Waals surface area contributed by atoms with E-state index in [9.17, 15) is 4.79 Å². The molecule has 1 aliphatic carbocycles. The van der Waals surface area contributed by atoms with Gasteiger partial charge in [0.1, 0.15) is 0 Å².